The molecule has 0 spiro atoms. The Labute approximate surface area is 129 Å². The van der Waals surface area contributed by atoms with Crippen molar-refractivity contribution in [3.05, 3.63) is 16.5 Å². The minimum absolute atomic E-state index is 0.0624. The lowest BCUT2D eigenvalue weighted by molar-refractivity contribution is -0.116. The molecule has 1 aromatic heterocycles. The number of rotatable bonds is 6. The second-order valence-corrected chi connectivity index (χ2v) is 6.84. The van der Waals surface area contributed by atoms with E-state index in [-0.39, 0.29) is 11.5 Å². The smallest absolute Gasteiger partial charge is 0.338 e. The van der Waals surface area contributed by atoms with Crippen LogP contribution in [0.25, 0.3) is 0 Å². The van der Waals surface area contributed by atoms with Crippen molar-refractivity contribution in [1.82, 2.24) is 0 Å². The molecule has 5 heteroatoms. The number of thiophene rings is 1. The number of aryl methyl sites for hydroxylation is 1. The van der Waals surface area contributed by atoms with Gasteiger partial charge in [0.2, 0.25) is 5.91 Å². The van der Waals surface area contributed by atoms with Crippen molar-refractivity contribution in [2.75, 3.05) is 5.32 Å². The minimum Gasteiger partial charge on any atom is -0.478 e. The first kappa shape index (κ1) is 16.0. The lowest BCUT2D eigenvalue weighted by Crippen LogP contribution is -2.15. The zero-order chi connectivity index (χ0) is 15.2. The molecular formula is C16H23NO3S. The van der Waals surface area contributed by atoms with Crippen LogP contribution in [-0.4, -0.2) is 17.0 Å². The van der Waals surface area contributed by atoms with E-state index >= 15 is 0 Å². The number of amides is 1. The third kappa shape index (κ3) is 4.56. The summed E-state index contributed by atoms with van der Waals surface area (Å²) < 4.78 is 0. The molecule has 0 aliphatic heterocycles. The highest BCUT2D eigenvalue weighted by molar-refractivity contribution is 7.16. The molecule has 2 N–H and O–H groups in total. The van der Waals surface area contributed by atoms with Crippen LogP contribution in [-0.2, 0) is 11.2 Å². The fourth-order valence-electron chi connectivity index (χ4n) is 2.87. The summed E-state index contributed by atoms with van der Waals surface area (Å²) in [5.74, 6) is -0.376. The Morgan fingerprint density at radius 3 is 2.67 bits per heavy atom. The van der Waals surface area contributed by atoms with E-state index in [1.165, 1.54) is 43.4 Å². The summed E-state index contributed by atoms with van der Waals surface area (Å²) in [4.78, 5) is 24.2. The van der Waals surface area contributed by atoms with E-state index in [1.807, 2.05) is 6.92 Å². The number of anilines is 1. The highest BCUT2D eigenvalue weighted by Crippen LogP contribution is 2.30. The van der Waals surface area contributed by atoms with E-state index in [2.05, 4.69) is 5.32 Å². The van der Waals surface area contributed by atoms with Gasteiger partial charge in [-0.15, -0.1) is 11.3 Å². The Bertz CT molecular complexity index is 504. The molecule has 0 atom stereocenters. The second kappa shape index (κ2) is 7.59. The van der Waals surface area contributed by atoms with Gasteiger partial charge in [-0.2, -0.15) is 0 Å². The molecule has 1 aliphatic rings. The molecule has 1 amide bonds. The van der Waals surface area contributed by atoms with E-state index in [9.17, 15) is 14.7 Å². The van der Waals surface area contributed by atoms with E-state index in [1.54, 1.807) is 6.07 Å². The van der Waals surface area contributed by atoms with Gasteiger partial charge in [0.05, 0.1) is 5.56 Å². The third-order valence-corrected chi connectivity index (χ3v) is 5.31. The average Bonchev–Trinajstić information content (AvgIpc) is 2.89. The molecule has 0 bridgehead atoms. The molecule has 1 aliphatic carbocycles. The molecule has 0 aromatic carbocycles. The van der Waals surface area contributed by atoms with Crippen molar-refractivity contribution in [3.8, 4) is 0 Å². The highest BCUT2D eigenvalue weighted by Gasteiger charge is 2.18. The first-order valence-electron chi connectivity index (χ1n) is 7.76. The molecule has 21 heavy (non-hydrogen) atoms. The van der Waals surface area contributed by atoms with Crippen LogP contribution in [0.1, 0.15) is 67.1 Å². The first-order chi connectivity index (χ1) is 10.1. The van der Waals surface area contributed by atoms with Crippen molar-refractivity contribution in [3.63, 3.8) is 0 Å². The standard InChI is InChI=1S/C16H23NO3S/c1-2-12-10-13(16(19)20)15(21-12)17-14(18)9-8-11-6-4-3-5-7-11/h10-11H,2-9H2,1H3,(H,17,18)(H,19,20). The number of carbonyl (C=O) groups is 2. The largest absolute Gasteiger partial charge is 0.478 e. The average molecular weight is 309 g/mol. The minimum atomic E-state index is -0.978. The normalized spacial score (nSPS) is 15.9. The summed E-state index contributed by atoms with van der Waals surface area (Å²) in [6.45, 7) is 1.98. The van der Waals surface area contributed by atoms with Crippen molar-refractivity contribution in [1.29, 1.82) is 0 Å². The molecule has 0 radical (unpaired) electrons. The van der Waals surface area contributed by atoms with E-state index in [0.29, 0.717) is 17.3 Å². The molecule has 1 aromatic rings. The van der Waals surface area contributed by atoms with Gasteiger partial charge in [0.15, 0.2) is 0 Å². The fourth-order valence-corrected chi connectivity index (χ4v) is 3.87. The predicted molar refractivity (Wildman–Crippen MR) is 85.1 cm³/mol. The lowest BCUT2D eigenvalue weighted by atomic mass is 9.86. The molecular weight excluding hydrogens is 286 g/mol. The number of hydrogen-bond acceptors (Lipinski definition) is 3. The first-order valence-corrected chi connectivity index (χ1v) is 8.57. The van der Waals surface area contributed by atoms with Gasteiger partial charge in [0.25, 0.3) is 0 Å². The van der Waals surface area contributed by atoms with Crippen molar-refractivity contribution in [2.24, 2.45) is 5.92 Å². The van der Waals surface area contributed by atoms with Crippen LogP contribution >= 0.6 is 11.3 Å². The van der Waals surface area contributed by atoms with Gasteiger partial charge >= 0.3 is 5.97 Å². The number of carbonyl (C=O) groups excluding carboxylic acids is 1. The van der Waals surface area contributed by atoms with Gasteiger partial charge in [-0.1, -0.05) is 39.0 Å². The summed E-state index contributed by atoms with van der Waals surface area (Å²) in [6.07, 6.45) is 8.52. The van der Waals surface area contributed by atoms with Crippen LogP contribution in [0.4, 0.5) is 5.00 Å². The number of carboxylic acid groups (broad SMARTS) is 1. The van der Waals surface area contributed by atoms with Crippen LogP contribution in [0.3, 0.4) is 0 Å². The van der Waals surface area contributed by atoms with Gasteiger partial charge in [0, 0.05) is 11.3 Å². The van der Waals surface area contributed by atoms with Gasteiger partial charge in [-0.05, 0) is 24.8 Å². The number of nitrogens with one attached hydrogen (secondary N) is 1. The third-order valence-electron chi connectivity index (χ3n) is 4.12. The molecule has 0 saturated heterocycles. The highest BCUT2D eigenvalue weighted by atomic mass is 32.1. The Hall–Kier alpha value is -1.36. The van der Waals surface area contributed by atoms with E-state index in [4.69, 9.17) is 0 Å². The topological polar surface area (TPSA) is 66.4 Å². The maximum absolute atomic E-state index is 12.0. The van der Waals surface area contributed by atoms with Crippen LogP contribution in [0, 0.1) is 5.92 Å². The summed E-state index contributed by atoms with van der Waals surface area (Å²) in [7, 11) is 0. The Kier molecular flexibility index (Phi) is 5.79. The second-order valence-electron chi connectivity index (χ2n) is 5.71. The van der Waals surface area contributed by atoms with Gasteiger partial charge in [0.1, 0.15) is 5.00 Å². The van der Waals surface area contributed by atoms with E-state index < -0.39 is 5.97 Å². The maximum Gasteiger partial charge on any atom is 0.338 e. The van der Waals surface area contributed by atoms with Crippen molar-refractivity contribution in [2.45, 2.75) is 58.3 Å². The summed E-state index contributed by atoms with van der Waals surface area (Å²) >= 11 is 1.36. The Morgan fingerprint density at radius 2 is 2.05 bits per heavy atom. The zero-order valence-electron chi connectivity index (χ0n) is 12.5. The lowest BCUT2D eigenvalue weighted by Gasteiger charge is -2.20. The fraction of sp³-hybridized carbons (Fsp3) is 0.625. The molecule has 1 heterocycles. The monoisotopic (exact) mass is 309 g/mol. The van der Waals surface area contributed by atoms with Crippen molar-refractivity contribution < 1.29 is 14.7 Å². The molecule has 0 unspecified atom stereocenters. The molecule has 2 rings (SSSR count). The molecule has 116 valence electrons. The van der Waals surface area contributed by atoms with Crippen LogP contribution in [0.15, 0.2) is 6.07 Å². The Morgan fingerprint density at radius 1 is 1.33 bits per heavy atom. The molecule has 1 fully saturated rings. The van der Waals surface area contributed by atoms with E-state index in [0.717, 1.165) is 17.7 Å². The summed E-state index contributed by atoms with van der Waals surface area (Å²) in [5, 5.41) is 12.4. The van der Waals surface area contributed by atoms with Crippen LogP contribution < -0.4 is 5.32 Å². The number of carboxylic acids is 1. The van der Waals surface area contributed by atoms with Crippen molar-refractivity contribution >= 4 is 28.2 Å². The van der Waals surface area contributed by atoms with Crippen LogP contribution in [0.5, 0.6) is 0 Å². The quantitative estimate of drug-likeness (QED) is 0.823. The predicted octanol–water partition coefficient (Wildman–Crippen LogP) is 4.31. The maximum atomic E-state index is 12.0. The number of aromatic carboxylic acids is 1. The molecule has 4 nitrogen and oxygen atoms in total. The number of hydrogen-bond donors (Lipinski definition) is 2. The summed E-state index contributed by atoms with van der Waals surface area (Å²) in [6, 6.07) is 1.66. The van der Waals surface area contributed by atoms with Crippen LogP contribution in [0.2, 0.25) is 0 Å². The zero-order valence-corrected chi connectivity index (χ0v) is 13.3. The SMILES string of the molecule is CCc1cc(C(=O)O)c(NC(=O)CCC2CCCCC2)s1. The van der Waals surface area contributed by atoms with Gasteiger partial charge in [-0.3, -0.25) is 4.79 Å². The van der Waals surface area contributed by atoms with Gasteiger partial charge in [-0.25, -0.2) is 4.79 Å². The molecule has 1 saturated carbocycles. The van der Waals surface area contributed by atoms with Gasteiger partial charge < -0.3 is 10.4 Å². The Balaban J connectivity index is 1.89. The summed E-state index contributed by atoms with van der Waals surface area (Å²) in [5.41, 5.74) is 0.211.